The van der Waals surface area contributed by atoms with Gasteiger partial charge in [0.05, 0.1) is 23.6 Å². The van der Waals surface area contributed by atoms with E-state index in [1.807, 2.05) is 60.7 Å². The van der Waals surface area contributed by atoms with E-state index in [1.54, 1.807) is 13.3 Å². The number of methoxy groups -OCH3 is 1. The molecule has 1 aliphatic rings. The number of rotatable bonds is 8. The number of nitrogens with one attached hydrogen (secondary N) is 1. The second-order valence-corrected chi connectivity index (χ2v) is 8.07. The van der Waals surface area contributed by atoms with Crippen LogP contribution in [0.3, 0.4) is 0 Å². The van der Waals surface area contributed by atoms with E-state index in [9.17, 15) is 9.90 Å². The topological polar surface area (TPSA) is 93.0 Å². The highest BCUT2D eigenvalue weighted by Gasteiger charge is 2.25. The lowest BCUT2D eigenvalue weighted by molar-refractivity contribution is -0.115. The Bertz CT molecular complexity index is 1160. The summed E-state index contributed by atoms with van der Waals surface area (Å²) in [7, 11) is 1.63. The first kappa shape index (κ1) is 22.0. The summed E-state index contributed by atoms with van der Waals surface area (Å²) < 4.78 is 10.9. The molecule has 1 aliphatic heterocycles. The molecule has 0 spiro atoms. The van der Waals surface area contributed by atoms with Crippen LogP contribution in [0.2, 0.25) is 0 Å². The number of thioether (sulfide) groups is 1. The normalized spacial score (nSPS) is 17.1. The molecule has 0 bridgehead atoms. The molecule has 2 N–H and O–H groups in total. The predicted octanol–water partition coefficient (Wildman–Crippen LogP) is 3.55. The SMILES string of the molecule is COCCOc1ccnc2ccc(C=C3SC(=N[C@@H](CO)c4ccccc4)NC3=O)cc12. The highest BCUT2D eigenvalue weighted by molar-refractivity contribution is 8.18. The zero-order valence-corrected chi connectivity index (χ0v) is 18.3. The van der Waals surface area contributed by atoms with Gasteiger partial charge >= 0.3 is 0 Å². The molecule has 32 heavy (non-hydrogen) atoms. The van der Waals surface area contributed by atoms with Gasteiger partial charge in [0.2, 0.25) is 0 Å². The number of carbonyl (C=O) groups excluding carboxylic acids is 1. The third kappa shape index (κ3) is 5.16. The fraction of sp³-hybridized carbons (Fsp3) is 0.208. The maximum atomic E-state index is 12.5. The van der Waals surface area contributed by atoms with E-state index in [1.165, 1.54) is 11.8 Å². The average molecular weight is 450 g/mol. The fourth-order valence-electron chi connectivity index (χ4n) is 3.27. The predicted molar refractivity (Wildman–Crippen MR) is 127 cm³/mol. The first-order chi connectivity index (χ1) is 15.7. The van der Waals surface area contributed by atoms with Gasteiger partial charge in [-0.15, -0.1) is 0 Å². The van der Waals surface area contributed by atoms with Crippen molar-refractivity contribution in [2.75, 3.05) is 26.9 Å². The van der Waals surface area contributed by atoms with Crippen LogP contribution in [0, 0.1) is 0 Å². The van der Waals surface area contributed by atoms with Gasteiger partial charge in [0.15, 0.2) is 5.17 Å². The smallest absolute Gasteiger partial charge is 0.264 e. The lowest BCUT2D eigenvalue weighted by Gasteiger charge is -2.10. The van der Waals surface area contributed by atoms with Gasteiger partial charge in [0.1, 0.15) is 18.4 Å². The number of fused-ring (bicyclic) bond motifs is 1. The van der Waals surface area contributed by atoms with Crippen molar-refractivity contribution in [1.82, 2.24) is 10.3 Å². The van der Waals surface area contributed by atoms with E-state index in [0.717, 1.165) is 22.0 Å². The van der Waals surface area contributed by atoms with E-state index < -0.39 is 6.04 Å². The molecule has 1 fully saturated rings. The van der Waals surface area contributed by atoms with Crippen molar-refractivity contribution >= 4 is 39.8 Å². The molecule has 0 aliphatic carbocycles. The second-order valence-electron chi connectivity index (χ2n) is 7.04. The number of aliphatic hydroxyl groups is 1. The molecule has 0 unspecified atom stereocenters. The summed E-state index contributed by atoms with van der Waals surface area (Å²) in [4.78, 5) is 21.9. The molecule has 1 amide bonds. The van der Waals surface area contributed by atoms with Crippen LogP contribution in [0.25, 0.3) is 17.0 Å². The van der Waals surface area contributed by atoms with E-state index >= 15 is 0 Å². The molecule has 2 heterocycles. The molecule has 0 saturated carbocycles. The third-order valence-electron chi connectivity index (χ3n) is 4.85. The van der Waals surface area contributed by atoms with Crippen molar-refractivity contribution in [2.45, 2.75) is 6.04 Å². The first-order valence-corrected chi connectivity index (χ1v) is 10.9. The lowest BCUT2D eigenvalue weighted by atomic mass is 10.1. The second kappa shape index (κ2) is 10.4. The Hall–Kier alpha value is -3.20. The summed E-state index contributed by atoms with van der Waals surface area (Å²) >= 11 is 1.25. The molecular formula is C24H23N3O4S. The van der Waals surface area contributed by atoms with Gasteiger partial charge in [-0.2, -0.15) is 0 Å². The summed E-state index contributed by atoms with van der Waals surface area (Å²) in [6.45, 7) is 0.781. The molecule has 7 nitrogen and oxygen atoms in total. The molecule has 1 atom stereocenters. The van der Waals surface area contributed by atoms with Crippen molar-refractivity contribution in [2.24, 2.45) is 4.99 Å². The van der Waals surface area contributed by atoms with Crippen molar-refractivity contribution in [3.05, 3.63) is 76.8 Å². The number of amidine groups is 1. The van der Waals surface area contributed by atoms with E-state index in [-0.39, 0.29) is 12.5 Å². The maximum absolute atomic E-state index is 12.5. The van der Waals surface area contributed by atoms with Gasteiger partial charge in [-0.3, -0.25) is 14.8 Å². The van der Waals surface area contributed by atoms with Crippen LogP contribution in [0.15, 0.2) is 70.7 Å². The van der Waals surface area contributed by atoms with E-state index in [0.29, 0.717) is 29.0 Å². The minimum atomic E-state index is -0.433. The number of nitrogens with zero attached hydrogens (tertiary/aromatic N) is 2. The zero-order chi connectivity index (χ0) is 22.3. The Morgan fingerprint density at radius 2 is 2.03 bits per heavy atom. The number of pyridine rings is 1. The number of ether oxygens (including phenoxy) is 2. The minimum Gasteiger partial charge on any atom is -0.490 e. The van der Waals surface area contributed by atoms with Crippen LogP contribution in [0.5, 0.6) is 5.75 Å². The summed E-state index contributed by atoms with van der Waals surface area (Å²) in [6.07, 6.45) is 3.51. The number of amides is 1. The number of aliphatic imine (C=N–C) groups is 1. The fourth-order valence-corrected chi connectivity index (χ4v) is 4.14. The minimum absolute atomic E-state index is 0.146. The van der Waals surface area contributed by atoms with Crippen molar-refractivity contribution in [3.63, 3.8) is 0 Å². The number of hydrogen-bond acceptors (Lipinski definition) is 7. The van der Waals surface area contributed by atoms with Gasteiger partial charge < -0.3 is 19.9 Å². The van der Waals surface area contributed by atoms with Crippen LogP contribution in [-0.2, 0) is 9.53 Å². The van der Waals surface area contributed by atoms with Crippen LogP contribution in [0.1, 0.15) is 17.2 Å². The zero-order valence-electron chi connectivity index (χ0n) is 17.5. The van der Waals surface area contributed by atoms with Crippen molar-refractivity contribution in [1.29, 1.82) is 0 Å². The Balaban J connectivity index is 1.57. The molecule has 1 saturated heterocycles. The number of carbonyl (C=O) groups is 1. The van der Waals surface area contributed by atoms with Gasteiger partial charge in [0.25, 0.3) is 5.91 Å². The standard InChI is InChI=1S/C24H23N3O4S/c1-30-11-12-31-21-9-10-25-19-8-7-16(13-18(19)21)14-22-23(29)27-24(32-22)26-20(15-28)17-5-3-2-4-6-17/h2-10,13-14,20,28H,11-12,15H2,1H3,(H,26,27,29)/t20-/m0/s1. The number of benzene rings is 2. The third-order valence-corrected chi connectivity index (χ3v) is 5.77. The van der Waals surface area contributed by atoms with Gasteiger partial charge in [-0.05, 0) is 47.2 Å². The van der Waals surface area contributed by atoms with Crippen LogP contribution >= 0.6 is 11.8 Å². The average Bonchev–Trinajstić information content (AvgIpc) is 3.17. The highest BCUT2D eigenvalue weighted by atomic mass is 32.2. The van der Waals surface area contributed by atoms with E-state index in [4.69, 9.17) is 9.47 Å². The van der Waals surface area contributed by atoms with Crippen molar-refractivity contribution in [3.8, 4) is 5.75 Å². The summed E-state index contributed by atoms with van der Waals surface area (Å²) in [6, 6.07) is 16.6. The van der Waals surface area contributed by atoms with Gasteiger partial charge in [0, 0.05) is 18.7 Å². The quantitative estimate of drug-likeness (QED) is 0.404. The molecule has 8 heteroatoms. The van der Waals surface area contributed by atoms with Crippen molar-refractivity contribution < 1.29 is 19.4 Å². The Morgan fingerprint density at radius 1 is 1.19 bits per heavy atom. The summed E-state index contributed by atoms with van der Waals surface area (Å²) in [5, 5.41) is 13.9. The Morgan fingerprint density at radius 3 is 2.81 bits per heavy atom. The Labute approximate surface area is 190 Å². The molecular weight excluding hydrogens is 426 g/mol. The molecule has 1 aromatic heterocycles. The van der Waals surface area contributed by atoms with Crippen LogP contribution < -0.4 is 10.1 Å². The molecule has 3 aromatic rings. The first-order valence-electron chi connectivity index (χ1n) is 10.1. The number of hydrogen-bond donors (Lipinski definition) is 2. The van der Waals surface area contributed by atoms with Gasteiger partial charge in [-0.25, -0.2) is 0 Å². The molecule has 164 valence electrons. The Kier molecular flexibility index (Phi) is 7.16. The number of aliphatic hydroxyl groups excluding tert-OH is 1. The molecule has 4 rings (SSSR count). The van der Waals surface area contributed by atoms with E-state index in [2.05, 4.69) is 15.3 Å². The molecule has 0 radical (unpaired) electrons. The summed E-state index contributed by atoms with van der Waals surface area (Å²) in [5.41, 5.74) is 2.54. The summed E-state index contributed by atoms with van der Waals surface area (Å²) in [5.74, 6) is 0.494. The monoisotopic (exact) mass is 449 g/mol. The maximum Gasteiger partial charge on any atom is 0.264 e. The molecule has 2 aromatic carbocycles. The lowest BCUT2D eigenvalue weighted by Crippen LogP contribution is -2.21. The van der Waals surface area contributed by atoms with Crippen LogP contribution in [-0.4, -0.2) is 48.1 Å². The number of aromatic nitrogens is 1. The highest BCUT2D eigenvalue weighted by Crippen LogP contribution is 2.30. The largest absolute Gasteiger partial charge is 0.490 e. The van der Waals surface area contributed by atoms with Gasteiger partial charge in [-0.1, -0.05) is 36.4 Å². The van der Waals surface area contributed by atoms with Crippen LogP contribution in [0.4, 0.5) is 0 Å².